The Bertz CT molecular complexity index is 1010. The molecule has 1 amide bonds. The maximum atomic E-state index is 13.1. The van der Waals surface area contributed by atoms with Gasteiger partial charge in [0.2, 0.25) is 5.91 Å². The summed E-state index contributed by atoms with van der Waals surface area (Å²) in [6.07, 6.45) is 3.43. The summed E-state index contributed by atoms with van der Waals surface area (Å²) in [6.45, 7) is 10.3. The van der Waals surface area contributed by atoms with Crippen LogP contribution in [0, 0.1) is 10.8 Å². The van der Waals surface area contributed by atoms with Crippen LogP contribution in [0.3, 0.4) is 0 Å². The minimum atomic E-state index is -0.487. The Hall–Kier alpha value is -2.54. The molecule has 2 heterocycles. The average Bonchev–Trinajstić information content (AvgIpc) is 3.14. The fourth-order valence-corrected chi connectivity index (χ4v) is 5.91. The van der Waals surface area contributed by atoms with E-state index in [1.807, 2.05) is 18.2 Å². The highest BCUT2D eigenvalue weighted by Crippen LogP contribution is 2.52. The van der Waals surface area contributed by atoms with Gasteiger partial charge in [0, 0.05) is 23.5 Å². The van der Waals surface area contributed by atoms with Gasteiger partial charge in [0.25, 0.3) is 0 Å². The van der Waals surface area contributed by atoms with E-state index in [9.17, 15) is 9.59 Å². The first-order chi connectivity index (χ1) is 14.6. The van der Waals surface area contributed by atoms with Crippen molar-refractivity contribution in [3.63, 3.8) is 0 Å². The third-order valence-electron chi connectivity index (χ3n) is 6.62. The van der Waals surface area contributed by atoms with Crippen LogP contribution in [-0.4, -0.2) is 54.6 Å². The smallest absolute Gasteiger partial charge is 0.356 e. The quantitative estimate of drug-likeness (QED) is 0.676. The van der Waals surface area contributed by atoms with Crippen molar-refractivity contribution in [2.45, 2.75) is 53.0 Å². The lowest BCUT2D eigenvalue weighted by Gasteiger charge is -2.39. The van der Waals surface area contributed by atoms with Gasteiger partial charge < -0.3 is 19.8 Å². The van der Waals surface area contributed by atoms with Crippen molar-refractivity contribution in [3.8, 4) is 5.75 Å². The second-order valence-electron chi connectivity index (χ2n) is 10.2. The SMILES string of the molecule is CCOC(=O)c1[nH]c2ccc(OC)cc2c1NC(=O)CN1C[C@]2(C)C[C@@H]1CC(C)(C)C2. The number of likely N-dealkylation sites (tertiary alicyclic amines) is 1. The average molecular weight is 428 g/mol. The molecule has 1 aliphatic heterocycles. The Morgan fingerprint density at radius 3 is 2.74 bits per heavy atom. The van der Waals surface area contributed by atoms with Gasteiger partial charge in [0.1, 0.15) is 11.4 Å². The van der Waals surface area contributed by atoms with E-state index >= 15 is 0 Å². The number of amides is 1. The molecule has 2 aromatic rings. The van der Waals surface area contributed by atoms with Crippen LogP contribution in [0.5, 0.6) is 5.75 Å². The standard InChI is InChI=1S/C24H33N3O4/c1-6-31-22(29)21-20(17-9-16(30-5)7-8-18(17)25-21)26-19(28)12-27-14-24(4)11-15(27)10-23(2,3)13-24/h7-9,15,25H,6,10-14H2,1-5H3,(H,26,28)/t15-,24+/m0/s1. The summed E-state index contributed by atoms with van der Waals surface area (Å²) in [5, 5.41) is 3.72. The second-order valence-corrected chi connectivity index (χ2v) is 10.2. The molecule has 0 spiro atoms. The molecule has 7 heteroatoms. The molecule has 1 aromatic carbocycles. The van der Waals surface area contributed by atoms with Crippen molar-refractivity contribution in [1.29, 1.82) is 0 Å². The van der Waals surface area contributed by atoms with E-state index in [0.717, 1.165) is 30.3 Å². The molecule has 2 N–H and O–H groups in total. The predicted octanol–water partition coefficient (Wildman–Crippen LogP) is 4.19. The Morgan fingerprint density at radius 1 is 1.26 bits per heavy atom. The van der Waals surface area contributed by atoms with E-state index in [-0.39, 0.29) is 23.6 Å². The molecule has 1 saturated carbocycles. The topological polar surface area (TPSA) is 83.7 Å². The summed E-state index contributed by atoms with van der Waals surface area (Å²) in [6, 6.07) is 5.88. The zero-order chi connectivity index (χ0) is 22.4. The number of aromatic amines is 1. The number of nitrogens with zero attached hydrogens (tertiary/aromatic N) is 1. The van der Waals surface area contributed by atoms with Crippen molar-refractivity contribution >= 4 is 28.5 Å². The number of carbonyl (C=O) groups is 2. The van der Waals surface area contributed by atoms with E-state index in [4.69, 9.17) is 9.47 Å². The number of esters is 1. The summed E-state index contributed by atoms with van der Waals surface area (Å²) >= 11 is 0. The molecular formula is C24H33N3O4. The number of benzene rings is 1. The van der Waals surface area contributed by atoms with Crippen molar-refractivity contribution in [1.82, 2.24) is 9.88 Å². The van der Waals surface area contributed by atoms with E-state index in [1.54, 1.807) is 14.0 Å². The first kappa shape index (κ1) is 21.7. The molecule has 4 rings (SSSR count). The third-order valence-corrected chi connectivity index (χ3v) is 6.62. The monoisotopic (exact) mass is 427 g/mol. The number of fused-ring (bicyclic) bond motifs is 3. The normalized spacial score (nSPS) is 24.9. The number of ether oxygens (including phenoxy) is 2. The van der Waals surface area contributed by atoms with Crippen LogP contribution < -0.4 is 10.1 Å². The maximum Gasteiger partial charge on any atom is 0.356 e. The number of methoxy groups -OCH3 is 1. The first-order valence-electron chi connectivity index (χ1n) is 11.0. The van der Waals surface area contributed by atoms with Gasteiger partial charge in [0.05, 0.1) is 25.9 Å². The van der Waals surface area contributed by atoms with Crippen LogP contribution in [0.25, 0.3) is 10.9 Å². The van der Waals surface area contributed by atoms with Gasteiger partial charge in [-0.15, -0.1) is 0 Å². The van der Waals surface area contributed by atoms with Gasteiger partial charge in [0.15, 0.2) is 0 Å². The predicted molar refractivity (Wildman–Crippen MR) is 121 cm³/mol. The van der Waals surface area contributed by atoms with Crippen LogP contribution in [0.1, 0.15) is 57.4 Å². The minimum Gasteiger partial charge on any atom is -0.497 e. The molecule has 31 heavy (non-hydrogen) atoms. The van der Waals surface area contributed by atoms with Crippen molar-refractivity contribution in [3.05, 3.63) is 23.9 Å². The van der Waals surface area contributed by atoms with Gasteiger partial charge in [-0.1, -0.05) is 20.8 Å². The van der Waals surface area contributed by atoms with Crippen LogP contribution in [0.2, 0.25) is 0 Å². The Balaban J connectivity index is 1.58. The molecule has 7 nitrogen and oxygen atoms in total. The number of nitrogens with one attached hydrogen (secondary N) is 2. The zero-order valence-electron chi connectivity index (χ0n) is 19.1. The number of H-pyrrole nitrogens is 1. The van der Waals surface area contributed by atoms with Crippen molar-refractivity contribution in [2.75, 3.05) is 32.1 Å². The molecule has 2 fully saturated rings. The highest BCUT2D eigenvalue weighted by Gasteiger charge is 2.49. The first-order valence-corrected chi connectivity index (χ1v) is 11.0. The van der Waals surface area contributed by atoms with E-state index in [2.05, 4.69) is 36.0 Å². The lowest BCUT2D eigenvalue weighted by Crippen LogP contribution is -2.38. The molecular weight excluding hydrogens is 394 g/mol. The van der Waals surface area contributed by atoms with E-state index in [0.29, 0.717) is 29.4 Å². The Labute approximate surface area is 183 Å². The molecule has 168 valence electrons. The Morgan fingerprint density at radius 2 is 2.03 bits per heavy atom. The van der Waals surface area contributed by atoms with Gasteiger partial charge in [-0.3, -0.25) is 9.69 Å². The lowest BCUT2D eigenvalue weighted by atomic mass is 9.65. The van der Waals surface area contributed by atoms with Crippen LogP contribution in [0.15, 0.2) is 18.2 Å². The number of hydrogen-bond donors (Lipinski definition) is 2. The minimum absolute atomic E-state index is 0.122. The summed E-state index contributed by atoms with van der Waals surface area (Å²) in [5.74, 6) is 0.0448. The second kappa shape index (κ2) is 7.86. The Kier molecular flexibility index (Phi) is 5.50. The van der Waals surface area contributed by atoms with Crippen LogP contribution >= 0.6 is 0 Å². The fraction of sp³-hybridized carbons (Fsp3) is 0.583. The number of hydrogen-bond acceptors (Lipinski definition) is 5. The summed E-state index contributed by atoms with van der Waals surface area (Å²) in [4.78, 5) is 31.0. The van der Waals surface area contributed by atoms with E-state index in [1.165, 1.54) is 6.42 Å². The molecule has 1 aromatic heterocycles. The number of carbonyl (C=O) groups excluding carboxylic acids is 2. The van der Waals surface area contributed by atoms with Gasteiger partial charge in [-0.2, -0.15) is 0 Å². The number of anilines is 1. The van der Waals surface area contributed by atoms with Gasteiger partial charge >= 0.3 is 5.97 Å². The van der Waals surface area contributed by atoms with E-state index < -0.39 is 5.97 Å². The zero-order valence-corrected chi connectivity index (χ0v) is 19.1. The lowest BCUT2D eigenvalue weighted by molar-refractivity contribution is -0.117. The molecule has 2 atom stereocenters. The van der Waals surface area contributed by atoms with Crippen LogP contribution in [0.4, 0.5) is 5.69 Å². The summed E-state index contributed by atoms with van der Waals surface area (Å²) < 4.78 is 10.5. The molecule has 1 saturated heterocycles. The highest BCUT2D eigenvalue weighted by molar-refractivity contribution is 6.11. The van der Waals surface area contributed by atoms with Crippen molar-refractivity contribution in [2.24, 2.45) is 10.8 Å². The molecule has 0 radical (unpaired) electrons. The molecule has 2 aliphatic rings. The molecule has 0 unspecified atom stereocenters. The maximum absolute atomic E-state index is 13.1. The largest absolute Gasteiger partial charge is 0.497 e. The summed E-state index contributed by atoms with van der Waals surface area (Å²) in [5.41, 5.74) is 2.01. The van der Waals surface area contributed by atoms with Crippen LogP contribution in [-0.2, 0) is 9.53 Å². The van der Waals surface area contributed by atoms with Gasteiger partial charge in [-0.05, 0) is 55.2 Å². The summed E-state index contributed by atoms with van der Waals surface area (Å²) in [7, 11) is 1.59. The number of rotatable bonds is 6. The molecule has 2 bridgehead atoms. The van der Waals surface area contributed by atoms with Gasteiger partial charge in [-0.25, -0.2) is 4.79 Å². The molecule has 1 aliphatic carbocycles. The highest BCUT2D eigenvalue weighted by atomic mass is 16.5. The fourth-order valence-electron chi connectivity index (χ4n) is 5.91. The third kappa shape index (κ3) is 4.28. The van der Waals surface area contributed by atoms with Crippen molar-refractivity contribution < 1.29 is 19.1 Å². The number of aromatic nitrogens is 1.